The molecule has 0 radical (unpaired) electrons. The fourth-order valence-electron chi connectivity index (χ4n) is 3.11. The minimum Gasteiger partial charge on any atom is -0.497 e. The zero-order valence-electron chi connectivity index (χ0n) is 14.5. The number of benzene rings is 1. The van der Waals surface area contributed by atoms with Gasteiger partial charge >= 0.3 is 0 Å². The van der Waals surface area contributed by atoms with Crippen LogP contribution in [0.1, 0.15) is 12.5 Å². The Morgan fingerprint density at radius 1 is 1.24 bits per heavy atom. The molecule has 1 aliphatic rings. The molecule has 0 aliphatic carbocycles. The summed E-state index contributed by atoms with van der Waals surface area (Å²) in [5.41, 5.74) is 0.965. The Labute approximate surface area is 147 Å². The molecule has 5 nitrogen and oxygen atoms in total. The van der Waals surface area contributed by atoms with E-state index in [-0.39, 0.29) is 11.9 Å². The van der Waals surface area contributed by atoms with Crippen molar-refractivity contribution in [3.05, 3.63) is 54.0 Å². The molecule has 132 valence electrons. The fourth-order valence-corrected chi connectivity index (χ4v) is 3.11. The Bertz CT molecular complexity index is 736. The van der Waals surface area contributed by atoms with E-state index in [4.69, 9.17) is 4.74 Å². The molecule has 0 N–H and O–H groups in total. The number of pyridine rings is 1. The van der Waals surface area contributed by atoms with Gasteiger partial charge in [0, 0.05) is 25.7 Å². The summed E-state index contributed by atoms with van der Waals surface area (Å²) in [4.78, 5) is 20.4. The second-order valence-electron chi connectivity index (χ2n) is 6.23. The van der Waals surface area contributed by atoms with Crippen molar-refractivity contribution in [3.63, 3.8) is 0 Å². The van der Waals surface area contributed by atoms with E-state index >= 15 is 0 Å². The lowest BCUT2D eigenvalue weighted by atomic mass is 10.1. The maximum absolute atomic E-state index is 13.3. The number of aromatic nitrogens is 1. The number of hydrogen-bond acceptors (Lipinski definition) is 4. The molecule has 1 amide bonds. The van der Waals surface area contributed by atoms with E-state index in [2.05, 4.69) is 4.98 Å². The summed E-state index contributed by atoms with van der Waals surface area (Å²) >= 11 is 0. The Hall–Kier alpha value is -2.63. The van der Waals surface area contributed by atoms with Crippen LogP contribution < -0.4 is 9.64 Å². The van der Waals surface area contributed by atoms with Gasteiger partial charge in [-0.3, -0.25) is 4.79 Å². The van der Waals surface area contributed by atoms with E-state index in [0.717, 1.165) is 11.3 Å². The molecular weight excluding hydrogens is 321 g/mol. The van der Waals surface area contributed by atoms with Crippen LogP contribution in [0.4, 0.5) is 10.2 Å². The van der Waals surface area contributed by atoms with E-state index in [9.17, 15) is 9.18 Å². The minimum absolute atomic E-state index is 0.0860. The fraction of sp³-hybridized carbons (Fsp3) is 0.368. The van der Waals surface area contributed by atoms with Gasteiger partial charge in [0.25, 0.3) is 0 Å². The van der Waals surface area contributed by atoms with Crippen LogP contribution in [0.15, 0.2) is 42.5 Å². The topological polar surface area (TPSA) is 45.7 Å². The number of halogens is 1. The van der Waals surface area contributed by atoms with E-state index in [1.807, 2.05) is 41.0 Å². The standard InChI is InChI=1S/C19H22FN3O2/c1-14-13-22(10-11-23(14)18-5-3-4-17(20)21-18)19(24)12-15-6-8-16(25-2)9-7-15/h3-9,14H,10-13H2,1-2H3. The van der Waals surface area contributed by atoms with Crippen LogP contribution in [0.25, 0.3) is 0 Å². The Kier molecular flexibility index (Phi) is 5.16. The maximum Gasteiger partial charge on any atom is 0.227 e. The lowest BCUT2D eigenvalue weighted by Crippen LogP contribution is -2.54. The third-order valence-corrected chi connectivity index (χ3v) is 4.49. The predicted molar refractivity (Wildman–Crippen MR) is 94.3 cm³/mol. The largest absolute Gasteiger partial charge is 0.497 e. The zero-order valence-corrected chi connectivity index (χ0v) is 14.5. The molecular formula is C19H22FN3O2. The molecule has 1 aromatic heterocycles. The average molecular weight is 343 g/mol. The number of nitrogens with zero attached hydrogens (tertiary/aromatic N) is 3. The van der Waals surface area contributed by atoms with Gasteiger partial charge in [0.15, 0.2) is 0 Å². The highest BCUT2D eigenvalue weighted by Gasteiger charge is 2.27. The van der Waals surface area contributed by atoms with Crippen molar-refractivity contribution in [2.45, 2.75) is 19.4 Å². The summed E-state index contributed by atoms with van der Waals surface area (Å²) in [5, 5.41) is 0. The van der Waals surface area contributed by atoms with E-state index in [0.29, 0.717) is 31.9 Å². The van der Waals surface area contributed by atoms with Crippen LogP contribution in [0.2, 0.25) is 0 Å². The number of methoxy groups -OCH3 is 1. The van der Waals surface area contributed by atoms with E-state index < -0.39 is 5.95 Å². The molecule has 2 aromatic rings. The first-order valence-corrected chi connectivity index (χ1v) is 8.36. The first-order chi connectivity index (χ1) is 12.1. The molecule has 25 heavy (non-hydrogen) atoms. The quantitative estimate of drug-likeness (QED) is 0.800. The molecule has 0 saturated carbocycles. The number of piperazine rings is 1. The summed E-state index contributed by atoms with van der Waals surface area (Å²) in [6.45, 7) is 3.89. The monoisotopic (exact) mass is 343 g/mol. The van der Waals surface area contributed by atoms with E-state index in [1.165, 1.54) is 6.07 Å². The third kappa shape index (κ3) is 4.07. The van der Waals surface area contributed by atoms with Crippen molar-refractivity contribution in [2.75, 3.05) is 31.6 Å². The SMILES string of the molecule is COc1ccc(CC(=O)N2CCN(c3cccc(F)n3)C(C)C2)cc1. The lowest BCUT2D eigenvalue weighted by molar-refractivity contribution is -0.131. The van der Waals surface area contributed by atoms with Crippen molar-refractivity contribution in [3.8, 4) is 5.75 Å². The van der Waals surface area contributed by atoms with Gasteiger partial charge in [-0.15, -0.1) is 0 Å². The highest BCUT2D eigenvalue weighted by molar-refractivity contribution is 5.79. The van der Waals surface area contributed by atoms with Gasteiger partial charge in [0.1, 0.15) is 11.6 Å². The molecule has 3 rings (SSSR count). The van der Waals surface area contributed by atoms with Gasteiger partial charge in [-0.2, -0.15) is 4.39 Å². The average Bonchev–Trinajstić information content (AvgIpc) is 2.62. The lowest BCUT2D eigenvalue weighted by Gasteiger charge is -2.40. The molecule has 1 unspecified atom stereocenters. The van der Waals surface area contributed by atoms with Crippen LogP contribution in [0, 0.1) is 5.95 Å². The van der Waals surface area contributed by atoms with Crippen LogP contribution in [0.3, 0.4) is 0 Å². The first kappa shape index (κ1) is 17.2. The van der Waals surface area contributed by atoms with Crippen LogP contribution in [-0.2, 0) is 11.2 Å². The molecule has 1 atom stereocenters. The van der Waals surface area contributed by atoms with Crippen molar-refractivity contribution < 1.29 is 13.9 Å². The molecule has 0 bridgehead atoms. The zero-order chi connectivity index (χ0) is 17.8. The molecule has 1 fully saturated rings. The molecule has 1 aliphatic heterocycles. The predicted octanol–water partition coefficient (Wildman–Crippen LogP) is 2.51. The third-order valence-electron chi connectivity index (χ3n) is 4.49. The summed E-state index contributed by atoms with van der Waals surface area (Å²) in [6.07, 6.45) is 0.370. The van der Waals surface area contributed by atoms with Crippen molar-refractivity contribution >= 4 is 11.7 Å². The number of hydrogen-bond donors (Lipinski definition) is 0. The number of carbonyl (C=O) groups excluding carboxylic acids is 1. The van der Waals surface area contributed by atoms with Gasteiger partial charge in [0.05, 0.1) is 13.5 Å². The minimum atomic E-state index is -0.484. The Morgan fingerprint density at radius 2 is 2.00 bits per heavy atom. The van der Waals surface area contributed by atoms with Gasteiger partial charge in [-0.25, -0.2) is 4.98 Å². The number of rotatable bonds is 4. The van der Waals surface area contributed by atoms with Crippen LogP contribution >= 0.6 is 0 Å². The Balaban J connectivity index is 1.60. The van der Waals surface area contributed by atoms with Crippen molar-refractivity contribution in [1.29, 1.82) is 0 Å². The summed E-state index contributed by atoms with van der Waals surface area (Å²) in [7, 11) is 1.62. The second kappa shape index (κ2) is 7.51. The van der Waals surface area contributed by atoms with E-state index in [1.54, 1.807) is 19.2 Å². The first-order valence-electron chi connectivity index (χ1n) is 8.36. The highest BCUT2D eigenvalue weighted by Crippen LogP contribution is 2.19. The number of carbonyl (C=O) groups is 1. The molecule has 2 heterocycles. The smallest absolute Gasteiger partial charge is 0.227 e. The van der Waals surface area contributed by atoms with Gasteiger partial charge in [-0.05, 0) is 36.8 Å². The number of amides is 1. The van der Waals surface area contributed by atoms with Crippen LogP contribution in [-0.4, -0.2) is 48.6 Å². The van der Waals surface area contributed by atoms with Crippen LogP contribution in [0.5, 0.6) is 5.75 Å². The number of anilines is 1. The Morgan fingerprint density at radius 3 is 2.64 bits per heavy atom. The summed E-state index contributed by atoms with van der Waals surface area (Å²) in [6, 6.07) is 12.4. The molecule has 1 saturated heterocycles. The summed E-state index contributed by atoms with van der Waals surface area (Å²) < 4.78 is 18.5. The van der Waals surface area contributed by atoms with Crippen molar-refractivity contribution in [2.24, 2.45) is 0 Å². The molecule has 0 spiro atoms. The normalized spacial score (nSPS) is 17.5. The summed E-state index contributed by atoms with van der Waals surface area (Å²) in [5.74, 6) is 1.02. The van der Waals surface area contributed by atoms with Gasteiger partial charge in [-0.1, -0.05) is 18.2 Å². The number of ether oxygens (including phenoxy) is 1. The van der Waals surface area contributed by atoms with Gasteiger partial charge in [0.2, 0.25) is 11.9 Å². The van der Waals surface area contributed by atoms with Crippen molar-refractivity contribution in [1.82, 2.24) is 9.88 Å². The maximum atomic E-state index is 13.3. The molecule has 1 aromatic carbocycles. The second-order valence-corrected chi connectivity index (χ2v) is 6.23. The highest BCUT2D eigenvalue weighted by atomic mass is 19.1. The van der Waals surface area contributed by atoms with Gasteiger partial charge < -0.3 is 14.5 Å². The molecule has 6 heteroatoms.